The van der Waals surface area contributed by atoms with E-state index in [1.165, 1.54) is 0 Å². The van der Waals surface area contributed by atoms with E-state index >= 15 is 0 Å². The molecule has 0 radical (unpaired) electrons. The number of hydrogen-bond acceptors (Lipinski definition) is 3. The number of aromatic nitrogens is 3. The van der Waals surface area contributed by atoms with Gasteiger partial charge in [0.1, 0.15) is 0 Å². The first-order valence-electron chi connectivity index (χ1n) is 5.90. The number of hydrogen-bond donors (Lipinski definition) is 1. The normalized spacial score (nSPS) is 14.5. The zero-order valence-electron chi connectivity index (χ0n) is 10.2. The molecule has 1 N–H and O–H groups in total. The minimum absolute atomic E-state index is 0.328. The fourth-order valence-corrected chi connectivity index (χ4v) is 1.69. The molecule has 0 spiro atoms. The Morgan fingerprint density at radius 3 is 2.76 bits per heavy atom. The average molecular weight is 230 g/mol. The average Bonchev–Trinajstić information content (AvgIpc) is 2.90. The highest BCUT2D eigenvalue weighted by molar-refractivity contribution is 5.03. The van der Waals surface area contributed by atoms with Crippen molar-refractivity contribution >= 4 is 0 Å². The molecule has 0 saturated carbocycles. The Balaban J connectivity index is 1.87. The molecule has 0 aliphatic carbocycles. The maximum absolute atomic E-state index is 4.29. The Morgan fingerprint density at radius 1 is 1.24 bits per heavy atom. The summed E-state index contributed by atoms with van der Waals surface area (Å²) in [5, 5.41) is 7.72. The zero-order chi connectivity index (χ0) is 12.1. The van der Waals surface area contributed by atoms with Gasteiger partial charge in [-0.15, -0.1) is 0 Å². The second-order valence-corrected chi connectivity index (χ2v) is 4.22. The van der Waals surface area contributed by atoms with Crippen LogP contribution in [0.1, 0.15) is 25.6 Å². The van der Waals surface area contributed by atoms with E-state index in [-0.39, 0.29) is 0 Å². The van der Waals surface area contributed by atoms with Crippen LogP contribution in [0.2, 0.25) is 0 Å². The smallest absolute Gasteiger partial charge is 0.0641 e. The van der Waals surface area contributed by atoms with Crippen LogP contribution in [0, 0.1) is 0 Å². The summed E-state index contributed by atoms with van der Waals surface area (Å²) in [6.07, 6.45) is 5.62. The molecular formula is C13H18N4. The summed E-state index contributed by atoms with van der Waals surface area (Å²) in [4.78, 5) is 4.29. The van der Waals surface area contributed by atoms with Crippen molar-refractivity contribution in [2.45, 2.75) is 32.5 Å². The van der Waals surface area contributed by atoms with Crippen molar-refractivity contribution in [3.05, 3.63) is 48.5 Å². The fourth-order valence-electron chi connectivity index (χ4n) is 1.69. The first-order valence-corrected chi connectivity index (χ1v) is 5.90. The molecule has 0 aliphatic rings. The second-order valence-electron chi connectivity index (χ2n) is 4.22. The predicted molar refractivity (Wildman–Crippen MR) is 67.5 cm³/mol. The third-order valence-corrected chi connectivity index (χ3v) is 3.00. The van der Waals surface area contributed by atoms with Crippen LogP contribution in [-0.4, -0.2) is 20.8 Å². The topological polar surface area (TPSA) is 42.7 Å². The molecule has 0 aromatic carbocycles. The van der Waals surface area contributed by atoms with Gasteiger partial charge in [0.05, 0.1) is 11.7 Å². The van der Waals surface area contributed by atoms with Crippen LogP contribution in [0.5, 0.6) is 0 Å². The summed E-state index contributed by atoms with van der Waals surface area (Å²) in [7, 11) is 0. The standard InChI is InChI=1S/C13H18N4/c1-11(12(2)17-9-5-8-16-17)15-10-13-6-3-4-7-14-13/h3-9,11-12,15H,10H2,1-2H3/t11-,12+/m0/s1. The largest absolute Gasteiger partial charge is 0.307 e. The van der Waals surface area contributed by atoms with Gasteiger partial charge < -0.3 is 5.32 Å². The lowest BCUT2D eigenvalue weighted by Crippen LogP contribution is -2.33. The number of rotatable bonds is 5. The first kappa shape index (κ1) is 11.8. The fraction of sp³-hybridized carbons (Fsp3) is 0.385. The third kappa shape index (κ3) is 3.14. The van der Waals surface area contributed by atoms with Gasteiger partial charge in [0, 0.05) is 31.2 Å². The van der Waals surface area contributed by atoms with Crippen molar-refractivity contribution in [2.75, 3.05) is 0 Å². The molecule has 2 atom stereocenters. The molecule has 2 aromatic heterocycles. The second kappa shape index (κ2) is 5.59. The lowest BCUT2D eigenvalue weighted by molar-refractivity contribution is 0.364. The summed E-state index contributed by atoms with van der Waals surface area (Å²) in [5.41, 5.74) is 1.06. The van der Waals surface area contributed by atoms with Gasteiger partial charge in [-0.25, -0.2) is 0 Å². The van der Waals surface area contributed by atoms with Crippen LogP contribution in [0.15, 0.2) is 42.9 Å². The number of pyridine rings is 1. The van der Waals surface area contributed by atoms with Gasteiger partial charge >= 0.3 is 0 Å². The van der Waals surface area contributed by atoms with Gasteiger partial charge in [-0.1, -0.05) is 6.07 Å². The molecule has 17 heavy (non-hydrogen) atoms. The molecule has 2 rings (SSSR count). The highest BCUT2D eigenvalue weighted by atomic mass is 15.3. The molecule has 4 nitrogen and oxygen atoms in total. The van der Waals surface area contributed by atoms with Gasteiger partial charge in [0.25, 0.3) is 0 Å². The van der Waals surface area contributed by atoms with E-state index in [1.807, 2.05) is 47.5 Å². The van der Waals surface area contributed by atoms with Crippen molar-refractivity contribution in [3.63, 3.8) is 0 Å². The van der Waals surface area contributed by atoms with E-state index in [1.54, 1.807) is 0 Å². The lowest BCUT2D eigenvalue weighted by Gasteiger charge is -2.21. The summed E-state index contributed by atoms with van der Waals surface area (Å²) in [5.74, 6) is 0. The van der Waals surface area contributed by atoms with Gasteiger partial charge in [0.2, 0.25) is 0 Å². The minimum atomic E-state index is 0.328. The highest BCUT2D eigenvalue weighted by Crippen LogP contribution is 2.09. The van der Waals surface area contributed by atoms with Gasteiger partial charge in [0.15, 0.2) is 0 Å². The molecule has 2 heterocycles. The SMILES string of the molecule is C[C@H](NCc1ccccn1)[C@@H](C)n1cccn1. The van der Waals surface area contributed by atoms with Crippen molar-refractivity contribution in [3.8, 4) is 0 Å². The Bertz CT molecular complexity index is 424. The summed E-state index contributed by atoms with van der Waals surface area (Å²) < 4.78 is 1.97. The van der Waals surface area contributed by atoms with Gasteiger partial charge in [-0.05, 0) is 32.0 Å². The van der Waals surface area contributed by atoms with Crippen molar-refractivity contribution < 1.29 is 0 Å². The Labute approximate surface area is 102 Å². The van der Waals surface area contributed by atoms with Crippen molar-refractivity contribution in [1.82, 2.24) is 20.1 Å². The summed E-state index contributed by atoms with van der Waals surface area (Å²) >= 11 is 0. The van der Waals surface area contributed by atoms with Crippen LogP contribution >= 0.6 is 0 Å². The third-order valence-electron chi connectivity index (χ3n) is 3.00. The minimum Gasteiger partial charge on any atom is -0.307 e. The molecule has 0 saturated heterocycles. The molecule has 0 fully saturated rings. The molecule has 0 aliphatic heterocycles. The van der Waals surface area contributed by atoms with Gasteiger partial charge in [-0.2, -0.15) is 5.10 Å². The zero-order valence-corrected chi connectivity index (χ0v) is 10.2. The Morgan fingerprint density at radius 2 is 2.12 bits per heavy atom. The quantitative estimate of drug-likeness (QED) is 0.854. The van der Waals surface area contributed by atoms with E-state index in [4.69, 9.17) is 0 Å². The first-order chi connectivity index (χ1) is 8.27. The van der Waals surface area contributed by atoms with Crippen molar-refractivity contribution in [2.24, 2.45) is 0 Å². The monoisotopic (exact) mass is 230 g/mol. The lowest BCUT2D eigenvalue weighted by atomic mass is 10.1. The predicted octanol–water partition coefficient (Wildman–Crippen LogP) is 2.02. The maximum Gasteiger partial charge on any atom is 0.0641 e. The van der Waals surface area contributed by atoms with E-state index in [0.29, 0.717) is 12.1 Å². The number of nitrogens with zero attached hydrogens (tertiary/aromatic N) is 3. The number of nitrogens with one attached hydrogen (secondary N) is 1. The maximum atomic E-state index is 4.29. The van der Waals surface area contributed by atoms with Gasteiger partial charge in [-0.3, -0.25) is 9.67 Å². The Kier molecular flexibility index (Phi) is 3.88. The van der Waals surface area contributed by atoms with Crippen LogP contribution in [0.25, 0.3) is 0 Å². The van der Waals surface area contributed by atoms with E-state index in [2.05, 4.69) is 29.2 Å². The summed E-state index contributed by atoms with van der Waals surface area (Å²) in [6, 6.07) is 8.58. The highest BCUT2D eigenvalue weighted by Gasteiger charge is 2.13. The molecule has 0 bridgehead atoms. The van der Waals surface area contributed by atoms with Crippen molar-refractivity contribution in [1.29, 1.82) is 0 Å². The molecular weight excluding hydrogens is 212 g/mol. The van der Waals surface area contributed by atoms with Crippen LogP contribution in [-0.2, 0) is 6.54 Å². The van der Waals surface area contributed by atoms with Crippen LogP contribution in [0.4, 0.5) is 0 Å². The molecule has 2 aromatic rings. The van der Waals surface area contributed by atoms with E-state index in [0.717, 1.165) is 12.2 Å². The molecule has 0 amide bonds. The van der Waals surface area contributed by atoms with E-state index < -0.39 is 0 Å². The van der Waals surface area contributed by atoms with E-state index in [9.17, 15) is 0 Å². The molecule has 4 heteroatoms. The molecule has 90 valence electrons. The molecule has 0 unspecified atom stereocenters. The Hall–Kier alpha value is -1.68. The van der Waals surface area contributed by atoms with Crippen LogP contribution in [0.3, 0.4) is 0 Å². The summed E-state index contributed by atoms with van der Waals surface area (Å²) in [6.45, 7) is 5.10. The van der Waals surface area contributed by atoms with Crippen LogP contribution < -0.4 is 5.32 Å².